The smallest absolute Gasteiger partial charge is 0.102 e. The second-order valence-corrected chi connectivity index (χ2v) is 6.64. The summed E-state index contributed by atoms with van der Waals surface area (Å²) in [5.41, 5.74) is 0.421. The summed E-state index contributed by atoms with van der Waals surface area (Å²) in [6.07, 6.45) is 4.27. The molecule has 0 N–H and O–H groups in total. The molecule has 2 heteroatoms. The topological polar surface area (TPSA) is 0 Å². The minimum atomic E-state index is -0.429. The summed E-state index contributed by atoms with van der Waals surface area (Å²) in [4.78, 5) is 0. The van der Waals surface area contributed by atoms with Crippen molar-refractivity contribution in [1.82, 2.24) is 0 Å². The summed E-state index contributed by atoms with van der Waals surface area (Å²) in [6, 6.07) is 0. The average molecular weight is 209 g/mol. The second kappa shape index (κ2) is 3.38. The predicted molar refractivity (Wildman–Crippen MR) is 55.9 cm³/mol. The number of alkyl halides is 2. The van der Waals surface area contributed by atoms with Crippen LogP contribution >= 0.6 is 23.2 Å². The molecule has 0 aromatic rings. The third-order valence-corrected chi connectivity index (χ3v) is 3.70. The molecule has 0 radical (unpaired) electrons. The zero-order chi connectivity index (χ0) is 9.41. The standard InChI is InChI=1S/C10H18Cl2/c1-9(2,3)8-4-6-10(11,12)7-5-8/h8H,4-7H2,1-3H3. The Balaban J connectivity index is 2.47. The molecule has 0 amide bonds. The Morgan fingerprint density at radius 3 is 1.83 bits per heavy atom. The first kappa shape index (κ1) is 10.7. The van der Waals surface area contributed by atoms with Crippen molar-refractivity contribution in [3.8, 4) is 0 Å². The normalized spacial score (nSPS) is 25.8. The van der Waals surface area contributed by atoms with Gasteiger partial charge in [-0.1, -0.05) is 20.8 Å². The fourth-order valence-corrected chi connectivity index (χ4v) is 2.34. The van der Waals surface area contributed by atoms with Crippen LogP contribution in [0.2, 0.25) is 0 Å². The molecule has 1 rings (SSSR count). The van der Waals surface area contributed by atoms with E-state index in [0.717, 1.165) is 18.8 Å². The van der Waals surface area contributed by atoms with Crippen LogP contribution in [0.25, 0.3) is 0 Å². The van der Waals surface area contributed by atoms with E-state index in [4.69, 9.17) is 23.2 Å². The Labute approximate surface area is 85.6 Å². The third kappa shape index (κ3) is 2.81. The van der Waals surface area contributed by atoms with Crippen LogP contribution in [-0.2, 0) is 0 Å². The number of hydrogen-bond acceptors (Lipinski definition) is 0. The van der Waals surface area contributed by atoms with Crippen LogP contribution in [0.3, 0.4) is 0 Å². The minimum Gasteiger partial charge on any atom is -0.102 e. The first-order valence-electron chi connectivity index (χ1n) is 4.69. The zero-order valence-electron chi connectivity index (χ0n) is 8.16. The maximum atomic E-state index is 6.05. The summed E-state index contributed by atoms with van der Waals surface area (Å²) in [5, 5.41) is 0. The maximum absolute atomic E-state index is 6.05. The van der Waals surface area contributed by atoms with Crippen LogP contribution in [0.4, 0.5) is 0 Å². The van der Waals surface area contributed by atoms with Gasteiger partial charge in [0.05, 0.1) is 0 Å². The van der Waals surface area contributed by atoms with E-state index >= 15 is 0 Å². The van der Waals surface area contributed by atoms with E-state index in [1.807, 2.05) is 0 Å². The quantitative estimate of drug-likeness (QED) is 0.519. The Morgan fingerprint density at radius 1 is 1.08 bits per heavy atom. The maximum Gasteiger partial charge on any atom is 0.118 e. The lowest BCUT2D eigenvalue weighted by atomic mass is 9.72. The summed E-state index contributed by atoms with van der Waals surface area (Å²) >= 11 is 12.1. The monoisotopic (exact) mass is 208 g/mol. The van der Waals surface area contributed by atoms with Crippen molar-refractivity contribution in [2.24, 2.45) is 11.3 Å². The van der Waals surface area contributed by atoms with E-state index in [9.17, 15) is 0 Å². The van der Waals surface area contributed by atoms with E-state index in [1.54, 1.807) is 0 Å². The van der Waals surface area contributed by atoms with Crippen molar-refractivity contribution in [3.63, 3.8) is 0 Å². The summed E-state index contributed by atoms with van der Waals surface area (Å²) in [7, 11) is 0. The Morgan fingerprint density at radius 2 is 1.50 bits per heavy atom. The van der Waals surface area contributed by atoms with Gasteiger partial charge in [0.1, 0.15) is 4.33 Å². The highest BCUT2D eigenvalue weighted by molar-refractivity contribution is 6.48. The molecule has 0 atom stereocenters. The van der Waals surface area contributed by atoms with E-state index in [0.29, 0.717) is 5.41 Å². The molecule has 1 aliphatic carbocycles. The SMILES string of the molecule is CC(C)(C)C1CCC(Cl)(Cl)CC1. The molecular weight excluding hydrogens is 191 g/mol. The molecule has 0 aromatic heterocycles. The van der Waals surface area contributed by atoms with Gasteiger partial charge >= 0.3 is 0 Å². The summed E-state index contributed by atoms with van der Waals surface area (Å²) in [5.74, 6) is 0.795. The van der Waals surface area contributed by atoms with Gasteiger partial charge in [0.25, 0.3) is 0 Å². The number of halogens is 2. The molecule has 0 saturated heterocycles. The molecule has 0 bridgehead atoms. The minimum absolute atomic E-state index is 0.421. The lowest BCUT2D eigenvalue weighted by molar-refractivity contribution is 0.175. The summed E-state index contributed by atoms with van der Waals surface area (Å²) < 4.78 is -0.429. The fourth-order valence-electron chi connectivity index (χ4n) is 1.91. The second-order valence-electron chi connectivity index (χ2n) is 5.00. The van der Waals surface area contributed by atoms with Gasteiger partial charge in [0.15, 0.2) is 0 Å². The highest BCUT2D eigenvalue weighted by Gasteiger charge is 2.35. The van der Waals surface area contributed by atoms with Crippen molar-refractivity contribution < 1.29 is 0 Å². The van der Waals surface area contributed by atoms with Crippen molar-refractivity contribution in [2.45, 2.75) is 50.8 Å². The molecule has 0 heterocycles. The molecule has 0 spiro atoms. The third-order valence-electron chi connectivity index (χ3n) is 2.94. The van der Waals surface area contributed by atoms with Crippen LogP contribution in [0.5, 0.6) is 0 Å². The molecule has 72 valence electrons. The molecule has 1 aliphatic rings. The van der Waals surface area contributed by atoms with Gasteiger partial charge in [0.2, 0.25) is 0 Å². The fraction of sp³-hybridized carbons (Fsp3) is 1.00. The largest absolute Gasteiger partial charge is 0.118 e. The Bertz CT molecular complexity index is 146. The lowest BCUT2D eigenvalue weighted by Gasteiger charge is -2.38. The molecule has 12 heavy (non-hydrogen) atoms. The molecule has 0 unspecified atom stereocenters. The average Bonchev–Trinajstić information content (AvgIpc) is 1.83. The van der Waals surface area contributed by atoms with E-state index < -0.39 is 4.33 Å². The van der Waals surface area contributed by atoms with Gasteiger partial charge in [-0.25, -0.2) is 0 Å². The molecule has 0 aromatic carbocycles. The highest BCUT2D eigenvalue weighted by atomic mass is 35.5. The van der Waals surface area contributed by atoms with Crippen LogP contribution in [0.1, 0.15) is 46.5 Å². The number of rotatable bonds is 0. The Kier molecular flexibility index (Phi) is 3.00. The van der Waals surface area contributed by atoms with Crippen LogP contribution in [0, 0.1) is 11.3 Å². The van der Waals surface area contributed by atoms with Crippen molar-refractivity contribution >= 4 is 23.2 Å². The number of hydrogen-bond donors (Lipinski definition) is 0. The molecule has 1 saturated carbocycles. The molecule has 0 nitrogen and oxygen atoms in total. The van der Waals surface area contributed by atoms with Gasteiger partial charge in [0, 0.05) is 0 Å². The lowest BCUT2D eigenvalue weighted by Crippen LogP contribution is -2.29. The van der Waals surface area contributed by atoms with Gasteiger partial charge in [-0.05, 0) is 37.0 Å². The zero-order valence-corrected chi connectivity index (χ0v) is 9.67. The Hall–Kier alpha value is 0.580. The van der Waals surface area contributed by atoms with E-state index in [2.05, 4.69) is 20.8 Å². The van der Waals surface area contributed by atoms with Gasteiger partial charge in [-0.15, -0.1) is 23.2 Å². The highest BCUT2D eigenvalue weighted by Crippen LogP contribution is 2.45. The van der Waals surface area contributed by atoms with Crippen molar-refractivity contribution in [3.05, 3.63) is 0 Å². The first-order valence-corrected chi connectivity index (χ1v) is 5.45. The van der Waals surface area contributed by atoms with Crippen LogP contribution in [0.15, 0.2) is 0 Å². The molecule has 1 fully saturated rings. The van der Waals surface area contributed by atoms with Crippen LogP contribution < -0.4 is 0 Å². The molecule has 0 aliphatic heterocycles. The van der Waals surface area contributed by atoms with Crippen molar-refractivity contribution in [1.29, 1.82) is 0 Å². The van der Waals surface area contributed by atoms with Crippen molar-refractivity contribution in [2.75, 3.05) is 0 Å². The van der Waals surface area contributed by atoms with Gasteiger partial charge < -0.3 is 0 Å². The van der Waals surface area contributed by atoms with E-state index in [1.165, 1.54) is 12.8 Å². The summed E-state index contributed by atoms with van der Waals surface area (Å²) in [6.45, 7) is 6.90. The molecular formula is C10H18Cl2. The van der Waals surface area contributed by atoms with E-state index in [-0.39, 0.29) is 0 Å². The van der Waals surface area contributed by atoms with Gasteiger partial charge in [-0.3, -0.25) is 0 Å². The van der Waals surface area contributed by atoms with Gasteiger partial charge in [-0.2, -0.15) is 0 Å². The first-order chi connectivity index (χ1) is 5.31. The predicted octanol–water partition coefficient (Wildman–Crippen LogP) is 4.40. The van der Waals surface area contributed by atoms with Crippen LogP contribution in [-0.4, -0.2) is 4.33 Å².